The Bertz CT molecular complexity index is 395. The second-order valence-corrected chi connectivity index (χ2v) is 4.27. The van der Waals surface area contributed by atoms with Crippen molar-refractivity contribution in [3.8, 4) is 0 Å². The molecule has 1 heterocycles. The predicted octanol–water partition coefficient (Wildman–Crippen LogP) is 0.567. The highest BCUT2D eigenvalue weighted by atomic mass is 16.3. The molecule has 0 aliphatic heterocycles. The molecule has 1 rings (SSSR count). The van der Waals surface area contributed by atoms with E-state index >= 15 is 0 Å². The Labute approximate surface area is 114 Å². The van der Waals surface area contributed by atoms with Gasteiger partial charge in [-0.15, -0.1) is 6.58 Å². The molecule has 1 atom stereocenters. The van der Waals surface area contributed by atoms with Crippen LogP contribution in [-0.2, 0) is 11.3 Å². The standard InChI is InChI=1S/C14H21N3O2/c1-3-6-16-14(19)12(2)17(8-9-18)11-13-5-4-7-15-10-13/h3-5,7,10,12,18H,1,6,8-9,11H2,2H3,(H,16,19). The number of nitrogens with zero attached hydrogens (tertiary/aromatic N) is 2. The maximum Gasteiger partial charge on any atom is 0.237 e. The second kappa shape index (κ2) is 8.39. The number of aliphatic hydroxyl groups excluding tert-OH is 1. The minimum absolute atomic E-state index is 0.0132. The van der Waals surface area contributed by atoms with E-state index < -0.39 is 0 Å². The molecule has 0 fully saturated rings. The van der Waals surface area contributed by atoms with E-state index in [0.717, 1.165) is 5.56 Å². The molecule has 0 aliphatic carbocycles. The molecule has 19 heavy (non-hydrogen) atoms. The molecule has 1 unspecified atom stereocenters. The van der Waals surface area contributed by atoms with Crippen LogP contribution in [-0.4, -0.2) is 46.6 Å². The van der Waals surface area contributed by atoms with Crippen LogP contribution in [0.2, 0.25) is 0 Å². The van der Waals surface area contributed by atoms with Crippen molar-refractivity contribution >= 4 is 5.91 Å². The molecular formula is C14H21N3O2. The first-order chi connectivity index (χ1) is 9.19. The fourth-order valence-corrected chi connectivity index (χ4v) is 1.75. The molecule has 5 heteroatoms. The molecule has 1 aromatic heterocycles. The normalized spacial score (nSPS) is 12.2. The number of aliphatic hydroxyl groups is 1. The Balaban J connectivity index is 2.65. The van der Waals surface area contributed by atoms with Gasteiger partial charge in [-0.2, -0.15) is 0 Å². The monoisotopic (exact) mass is 263 g/mol. The summed E-state index contributed by atoms with van der Waals surface area (Å²) in [6.07, 6.45) is 5.11. The fourth-order valence-electron chi connectivity index (χ4n) is 1.75. The lowest BCUT2D eigenvalue weighted by Crippen LogP contribution is -2.45. The molecule has 5 nitrogen and oxygen atoms in total. The molecule has 104 valence electrons. The Morgan fingerprint density at radius 2 is 2.47 bits per heavy atom. The molecular weight excluding hydrogens is 242 g/mol. The predicted molar refractivity (Wildman–Crippen MR) is 74.4 cm³/mol. The van der Waals surface area contributed by atoms with Gasteiger partial charge in [-0.1, -0.05) is 12.1 Å². The van der Waals surface area contributed by atoms with Crippen LogP contribution in [0.1, 0.15) is 12.5 Å². The van der Waals surface area contributed by atoms with Gasteiger partial charge < -0.3 is 10.4 Å². The molecule has 0 aliphatic rings. The number of carbonyl (C=O) groups is 1. The summed E-state index contributed by atoms with van der Waals surface area (Å²) >= 11 is 0. The van der Waals surface area contributed by atoms with Gasteiger partial charge in [0.25, 0.3) is 0 Å². The van der Waals surface area contributed by atoms with Crippen LogP contribution in [0.25, 0.3) is 0 Å². The van der Waals surface area contributed by atoms with Crippen LogP contribution < -0.4 is 5.32 Å². The van der Waals surface area contributed by atoms with Crippen LogP contribution in [0.3, 0.4) is 0 Å². The van der Waals surface area contributed by atoms with Gasteiger partial charge in [0.1, 0.15) is 0 Å². The third-order valence-electron chi connectivity index (χ3n) is 2.84. The summed E-state index contributed by atoms with van der Waals surface area (Å²) in [7, 11) is 0. The summed E-state index contributed by atoms with van der Waals surface area (Å²) in [6, 6.07) is 3.49. The first kappa shape index (κ1) is 15.3. The van der Waals surface area contributed by atoms with Crippen LogP contribution in [0.5, 0.6) is 0 Å². The number of rotatable bonds is 8. The zero-order valence-corrected chi connectivity index (χ0v) is 11.2. The molecule has 0 saturated heterocycles. The number of hydrogen-bond acceptors (Lipinski definition) is 4. The zero-order chi connectivity index (χ0) is 14.1. The van der Waals surface area contributed by atoms with E-state index in [0.29, 0.717) is 19.6 Å². The van der Waals surface area contributed by atoms with Gasteiger partial charge in [-0.3, -0.25) is 14.7 Å². The van der Waals surface area contributed by atoms with Crippen LogP contribution in [0, 0.1) is 0 Å². The summed E-state index contributed by atoms with van der Waals surface area (Å²) < 4.78 is 0. The smallest absolute Gasteiger partial charge is 0.237 e. The van der Waals surface area contributed by atoms with E-state index in [1.165, 1.54) is 0 Å². The SMILES string of the molecule is C=CCNC(=O)C(C)N(CCO)Cc1cccnc1. The molecule has 0 saturated carbocycles. The second-order valence-electron chi connectivity index (χ2n) is 4.27. The third kappa shape index (κ3) is 5.19. The molecule has 2 N–H and O–H groups in total. The number of carbonyl (C=O) groups excluding carboxylic acids is 1. The summed E-state index contributed by atoms with van der Waals surface area (Å²) in [4.78, 5) is 17.9. The van der Waals surface area contributed by atoms with E-state index in [2.05, 4.69) is 16.9 Å². The lowest BCUT2D eigenvalue weighted by atomic mass is 10.2. The van der Waals surface area contributed by atoms with Gasteiger partial charge in [0.15, 0.2) is 0 Å². The van der Waals surface area contributed by atoms with Crippen molar-refractivity contribution in [3.63, 3.8) is 0 Å². The van der Waals surface area contributed by atoms with Gasteiger partial charge in [0, 0.05) is 32.0 Å². The highest BCUT2D eigenvalue weighted by Gasteiger charge is 2.20. The molecule has 1 amide bonds. The first-order valence-electron chi connectivity index (χ1n) is 6.31. The Hall–Kier alpha value is -1.72. The summed E-state index contributed by atoms with van der Waals surface area (Å²) in [5.74, 6) is -0.0720. The van der Waals surface area contributed by atoms with Crippen LogP contribution in [0.15, 0.2) is 37.2 Å². The average molecular weight is 263 g/mol. The third-order valence-corrected chi connectivity index (χ3v) is 2.84. The van der Waals surface area contributed by atoms with Gasteiger partial charge >= 0.3 is 0 Å². The van der Waals surface area contributed by atoms with Gasteiger partial charge in [0.2, 0.25) is 5.91 Å². The number of amides is 1. The maximum atomic E-state index is 11.9. The molecule has 0 bridgehead atoms. The fraction of sp³-hybridized carbons (Fsp3) is 0.429. The Morgan fingerprint density at radius 1 is 1.68 bits per heavy atom. The minimum atomic E-state index is -0.313. The lowest BCUT2D eigenvalue weighted by molar-refractivity contribution is -0.126. The number of hydrogen-bond donors (Lipinski definition) is 2. The summed E-state index contributed by atoms with van der Waals surface area (Å²) in [5, 5.41) is 11.9. The summed E-state index contributed by atoms with van der Waals surface area (Å²) in [5.41, 5.74) is 1.01. The van der Waals surface area contributed by atoms with Crippen molar-refractivity contribution in [1.29, 1.82) is 0 Å². The number of pyridine rings is 1. The molecule has 0 radical (unpaired) electrons. The van der Waals surface area contributed by atoms with Gasteiger partial charge in [-0.05, 0) is 18.6 Å². The summed E-state index contributed by atoms with van der Waals surface area (Å²) in [6.45, 7) is 6.87. The Kier molecular flexibility index (Phi) is 6.78. The quantitative estimate of drug-likeness (QED) is 0.673. The largest absolute Gasteiger partial charge is 0.395 e. The van der Waals surface area contributed by atoms with E-state index in [1.807, 2.05) is 24.0 Å². The van der Waals surface area contributed by atoms with Crippen molar-refractivity contribution in [1.82, 2.24) is 15.2 Å². The van der Waals surface area contributed by atoms with Crippen LogP contribution in [0.4, 0.5) is 0 Å². The van der Waals surface area contributed by atoms with E-state index in [1.54, 1.807) is 18.5 Å². The first-order valence-corrected chi connectivity index (χ1v) is 6.31. The minimum Gasteiger partial charge on any atom is -0.395 e. The Morgan fingerprint density at radius 3 is 3.05 bits per heavy atom. The van der Waals surface area contributed by atoms with E-state index in [9.17, 15) is 4.79 Å². The van der Waals surface area contributed by atoms with Crippen molar-refractivity contribution in [2.45, 2.75) is 19.5 Å². The lowest BCUT2D eigenvalue weighted by Gasteiger charge is -2.27. The highest BCUT2D eigenvalue weighted by Crippen LogP contribution is 2.07. The molecule has 0 spiro atoms. The van der Waals surface area contributed by atoms with Crippen molar-refractivity contribution in [2.24, 2.45) is 0 Å². The van der Waals surface area contributed by atoms with Crippen LogP contribution >= 0.6 is 0 Å². The van der Waals surface area contributed by atoms with Gasteiger partial charge in [-0.25, -0.2) is 0 Å². The topological polar surface area (TPSA) is 65.5 Å². The average Bonchev–Trinajstić information content (AvgIpc) is 2.44. The van der Waals surface area contributed by atoms with Crippen molar-refractivity contribution in [3.05, 3.63) is 42.7 Å². The van der Waals surface area contributed by atoms with E-state index in [4.69, 9.17) is 5.11 Å². The zero-order valence-electron chi connectivity index (χ0n) is 11.2. The van der Waals surface area contributed by atoms with Crippen molar-refractivity contribution in [2.75, 3.05) is 19.7 Å². The molecule has 1 aromatic rings. The maximum absolute atomic E-state index is 11.9. The number of nitrogens with one attached hydrogen (secondary N) is 1. The highest BCUT2D eigenvalue weighted by molar-refractivity contribution is 5.81. The number of aromatic nitrogens is 1. The van der Waals surface area contributed by atoms with Gasteiger partial charge in [0.05, 0.1) is 12.6 Å². The molecule has 0 aromatic carbocycles. The van der Waals surface area contributed by atoms with E-state index in [-0.39, 0.29) is 18.6 Å². The van der Waals surface area contributed by atoms with Crippen molar-refractivity contribution < 1.29 is 9.90 Å².